The van der Waals surface area contributed by atoms with Gasteiger partial charge in [-0.3, -0.25) is 9.69 Å². The summed E-state index contributed by atoms with van der Waals surface area (Å²) in [6, 6.07) is 9.49. The summed E-state index contributed by atoms with van der Waals surface area (Å²) >= 11 is 0. The Morgan fingerprint density at radius 2 is 1.92 bits per heavy atom. The van der Waals surface area contributed by atoms with Crippen LogP contribution in [0.15, 0.2) is 24.3 Å². The van der Waals surface area contributed by atoms with Crippen LogP contribution in [0.3, 0.4) is 0 Å². The van der Waals surface area contributed by atoms with Crippen molar-refractivity contribution in [1.82, 2.24) is 10.2 Å². The van der Waals surface area contributed by atoms with Crippen molar-refractivity contribution in [1.29, 1.82) is 0 Å². The molecule has 132 valence electrons. The molecular formula is C20H30N2O2. The average molecular weight is 330 g/mol. The van der Waals surface area contributed by atoms with E-state index >= 15 is 0 Å². The first-order valence-electron chi connectivity index (χ1n) is 9.40. The van der Waals surface area contributed by atoms with E-state index in [1.54, 1.807) is 0 Å². The van der Waals surface area contributed by atoms with Crippen LogP contribution in [0.2, 0.25) is 0 Å². The molecule has 24 heavy (non-hydrogen) atoms. The number of hydrogen-bond acceptors (Lipinski definition) is 3. The standard InChI is InChI=1S/C20H30N2O2/c1-21-13-15-6-4-7-16(12-15)14-22(17-8-2-3-9-17)19-11-5-10-18(19)20(23)24/h4,6-7,12,17-19,21H,2-3,5,8-11,13-14H2,1H3,(H,23,24). The van der Waals surface area contributed by atoms with Gasteiger partial charge in [-0.25, -0.2) is 0 Å². The Morgan fingerprint density at radius 1 is 1.17 bits per heavy atom. The molecule has 1 aromatic rings. The van der Waals surface area contributed by atoms with Gasteiger partial charge in [0.1, 0.15) is 0 Å². The normalized spacial score (nSPS) is 24.8. The first kappa shape index (κ1) is 17.4. The molecule has 2 aliphatic carbocycles. The molecule has 1 aromatic carbocycles. The van der Waals surface area contributed by atoms with Gasteiger partial charge in [-0.1, -0.05) is 43.5 Å². The van der Waals surface area contributed by atoms with Gasteiger partial charge in [0.25, 0.3) is 0 Å². The van der Waals surface area contributed by atoms with Crippen molar-refractivity contribution < 1.29 is 9.90 Å². The zero-order valence-corrected chi connectivity index (χ0v) is 14.7. The summed E-state index contributed by atoms with van der Waals surface area (Å²) in [5.41, 5.74) is 2.60. The fourth-order valence-electron chi connectivity index (χ4n) is 4.63. The smallest absolute Gasteiger partial charge is 0.308 e. The largest absolute Gasteiger partial charge is 0.481 e. The van der Waals surface area contributed by atoms with Gasteiger partial charge in [0.05, 0.1) is 5.92 Å². The van der Waals surface area contributed by atoms with E-state index in [1.165, 1.54) is 36.8 Å². The number of carboxylic acids is 1. The summed E-state index contributed by atoms with van der Waals surface area (Å²) in [6.45, 7) is 1.76. The number of benzene rings is 1. The molecule has 0 radical (unpaired) electrons. The van der Waals surface area contributed by atoms with Crippen LogP contribution < -0.4 is 5.32 Å². The third kappa shape index (κ3) is 3.98. The van der Waals surface area contributed by atoms with Crippen LogP contribution in [0.5, 0.6) is 0 Å². The van der Waals surface area contributed by atoms with E-state index in [1.807, 2.05) is 7.05 Å². The summed E-state index contributed by atoms with van der Waals surface area (Å²) in [5, 5.41) is 12.8. The number of nitrogens with one attached hydrogen (secondary N) is 1. The van der Waals surface area contributed by atoms with Crippen molar-refractivity contribution in [2.75, 3.05) is 7.05 Å². The molecule has 2 saturated carbocycles. The molecule has 0 aromatic heterocycles. The lowest BCUT2D eigenvalue weighted by Crippen LogP contribution is -2.45. The maximum atomic E-state index is 11.7. The molecule has 3 rings (SSSR count). The van der Waals surface area contributed by atoms with Gasteiger partial charge in [0.2, 0.25) is 0 Å². The highest BCUT2D eigenvalue weighted by molar-refractivity contribution is 5.71. The predicted molar refractivity (Wildman–Crippen MR) is 95.8 cm³/mol. The summed E-state index contributed by atoms with van der Waals surface area (Å²) < 4.78 is 0. The van der Waals surface area contributed by atoms with Crippen LogP contribution in [0.25, 0.3) is 0 Å². The van der Waals surface area contributed by atoms with E-state index in [4.69, 9.17) is 0 Å². The van der Waals surface area contributed by atoms with Crippen LogP contribution in [0.4, 0.5) is 0 Å². The Morgan fingerprint density at radius 3 is 2.62 bits per heavy atom. The molecule has 0 amide bonds. The van der Waals surface area contributed by atoms with Crippen molar-refractivity contribution in [3.63, 3.8) is 0 Å². The zero-order valence-electron chi connectivity index (χ0n) is 14.7. The SMILES string of the molecule is CNCc1cccc(CN(C2CCCC2)C2CCCC2C(=O)O)c1. The van der Waals surface area contributed by atoms with E-state index in [0.29, 0.717) is 6.04 Å². The number of aliphatic carboxylic acids is 1. The molecular weight excluding hydrogens is 300 g/mol. The molecule has 2 unspecified atom stereocenters. The first-order valence-corrected chi connectivity index (χ1v) is 9.40. The van der Waals surface area contributed by atoms with Gasteiger partial charge in [-0.05, 0) is 43.9 Å². The highest BCUT2D eigenvalue weighted by atomic mass is 16.4. The first-order chi connectivity index (χ1) is 11.7. The molecule has 0 bridgehead atoms. The van der Waals surface area contributed by atoms with Gasteiger partial charge in [-0.2, -0.15) is 0 Å². The fourth-order valence-corrected chi connectivity index (χ4v) is 4.63. The number of carbonyl (C=O) groups is 1. The van der Waals surface area contributed by atoms with Crippen molar-refractivity contribution in [3.8, 4) is 0 Å². The van der Waals surface area contributed by atoms with Crippen LogP contribution in [0.1, 0.15) is 56.1 Å². The van der Waals surface area contributed by atoms with Crippen LogP contribution in [0, 0.1) is 5.92 Å². The van der Waals surface area contributed by atoms with Crippen molar-refractivity contribution >= 4 is 5.97 Å². The maximum absolute atomic E-state index is 11.7. The van der Waals surface area contributed by atoms with Gasteiger partial charge < -0.3 is 10.4 Å². The van der Waals surface area contributed by atoms with E-state index in [-0.39, 0.29) is 12.0 Å². The topological polar surface area (TPSA) is 52.6 Å². The number of nitrogens with zero attached hydrogens (tertiary/aromatic N) is 1. The van der Waals surface area contributed by atoms with Crippen LogP contribution >= 0.6 is 0 Å². The minimum absolute atomic E-state index is 0.189. The third-order valence-electron chi connectivity index (χ3n) is 5.75. The number of rotatable bonds is 7. The lowest BCUT2D eigenvalue weighted by atomic mass is 9.98. The van der Waals surface area contributed by atoms with Gasteiger partial charge in [0.15, 0.2) is 0 Å². The van der Waals surface area contributed by atoms with Crippen molar-refractivity contribution in [2.45, 2.75) is 70.1 Å². The lowest BCUT2D eigenvalue weighted by Gasteiger charge is -2.36. The number of hydrogen-bond donors (Lipinski definition) is 2. The highest BCUT2D eigenvalue weighted by Crippen LogP contribution is 2.36. The van der Waals surface area contributed by atoms with Gasteiger partial charge in [-0.15, -0.1) is 0 Å². The minimum atomic E-state index is -0.607. The van der Waals surface area contributed by atoms with Crippen LogP contribution in [-0.4, -0.2) is 35.1 Å². The molecule has 2 atom stereocenters. The Bertz CT molecular complexity index is 554. The molecule has 2 N–H and O–H groups in total. The van der Waals surface area contributed by atoms with E-state index in [0.717, 1.165) is 32.4 Å². The van der Waals surface area contributed by atoms with Crippen molar-refractivity contribution in [3.05, 3.63) is 35.4 Å². The highest BCUT2D eigenvalue weighted by Gasteiger charge is 2.40. The van der Waals surface area contributed by atoms with Gasteiger partial charge in [0, 0.05) is 25.2 Å². The Balaban J connectivity index is 1.80. The summed E-state index contributed by atoms with van der Waals surface area (Å²) in [7, 11) is 1.97. The second-order valence-corrected chi connectivity index (χ2v) is 7.40. The monoisotopic (exact) mass is 330 g/mol. The van der Waals surface area contributed by atoms with E-state index in [2.05, 4.69) is 34.5 Å². The summed E-state index contributed by atoms with van der Waals surface area (Å²) in [6.07, 6.45) is 7.92. The van der Waals surface area contributed by atoms with Crippen LogP contribution in [-0.2, 0) is 17.9 Å². The predicted octanol–water partition coefficient (Wildman–Crippen LogP) is 3.40. The second-order valence-electron chi connectivity index (χ2n) is 7.40. The molecule has 2 aliphatic rings. The molecule has 0 saturated heterocycles. The molecule has 4 heteroatoms. The fraction of sp³-hybridized carbons (Fsp3) is 0.650. The third-order valence-corrected chi connectivity index (χ3v) is 5.75. The van der Waals surface area contributed by atoms with Crippen molar-refractivity contribution in [2.24, 2.45) is 5.92 Å². The number of carboxylic acid groups (broad SMARTS) is 1. The average Bonchev–Trinajstić information content (AvgIpc) is 3.25. The zero-order chi connectivity index (χ0) is 16.9. The molecule has 0 spiro atoms. The summed E-state index contributed by atoms with van der Waals surface area (Å²) in [5.74, 6) is -0.796. The Labute approximate surface area is 145 Å². The maximum Gasteiger partial charge on any atom is 0.308 e. The minimum Gasteiger partial charge on any atom is -0.481 e. The lowest BCUT2D eigenvalue weighted by molar-refractivity contribution is -0.143. The second kappa shape index (κ2) is 8.13. The van der Waals surface area contributed by atoms with E-state index < -0.39 is 5.97 Å². The van der Waals surface area contributed by atoms with Gasteiger partial charge >= 0.3 is 5.97 Å². The Kier molecular flexibility index (Phi) is 5.90. The Hall–Kier alpha value is -1.39. The quantitative estimate of drug-likeness (QED) is 0.804. The molecule has 0 heterocycles. The summed E-state index contributed by atoms with van der Waals surface area (Å²) in [4.78, 5) is 14.2. The molecule has 4 nitrogen and oxygen atoms in total. The molecule has 2 fully saturated rings. The molecule has 0 aliphatic heterocycles. The van der Waals surface area contributed by atoms with E-state index in [9.17, 15) is 9.90 Å².